The van der Waals surface area contributed by atoms with Crippen molar-refractivity contribution in [2.45, 2.75) is 50.6 Å². The maximum atomic E-state index is 12.9. The van der Waals surface area contributed by atoms with Gasteiger partial charge in [-0.1, -0.05) is 37.3 Å². The first kappa shape index (κ1) is 23.1. The van der Waals surface area contributed by atoms with E-state index in [4.69, 9.17) is 9.47 Å². The van der Waals surface area contributed by atoms with Crippen LogP contribution in [0.15, 0.2) is 53.4 Å². The Bertz CT molecular complexity index is 979. The van der Waals surface area contributed by atoms with Crippen LogP contribution in [0.5, 0.6) is 11.5 Å². The SMILES string of the molecule is CCC(C)N(Cc1ccccc1)C(=O)CCNS(=O)(=O)c1ccc2c(c1)OCCCO2. The van der Waals surface area contributed by atoms with Gasteiger partial charge in [-0.2, -0.15) is 0 Å². The van der Waals surface area contributed by atoms with Crippen LogP contribution in [-0.4, -0.2) is 45.0 Å². The van der Waals surface area contributed by atoms with Crippen molar-refractivity contribution in [3.05, 3.63) is 54.1 Å². The Labute approximate surface area is 184 Å². The molecule has 1 N–H and O–H groups in total. The van der Waals surface area contributed by atoms with Crippen molar-refractivity contribution in [3.8, 4) is 11.5 Å². The van der Waals surface area contributed by atoms with Gasteiger partial charge in [-0.05, 0) is 31.0 Å². The lowest BCUT2D eigenvalue weighted by molar-refractivity contribution is -0.133. The molecule has 1 aliphatic rings. The van der Waals surface area contributed by atoms with E-state index < -0.39 is 10.0 Å². The average molecular weight is 447 g/mol. The van der Waals surface area contributed by atoms with Gasteiger partial charge in [-0.15, -0.1) is 0 Å². The summed E-state index contributed by atoms with van der Waals surface area (Å²) in [4.78, 5) is 14.7. The summed E-state index contributed by atoms with van der Waals surface area (Å²) >= 11 is 0. The summed E-state index contributed by atoms with van der Waals surface area (Å²) in [6.45, 7) is 5.58. The molecule has 0 aromatic heterocycles. The highest BCUT2D eigenvalue weighted by Crippen LogP contribution is 2.31. The third-order valence-corrected chi connectivity index (χ3v) is 6.76. The number of hydrogen-bond donors (Lipinski definition) is 1. The van der Waals surface area contributed by atoms with Crippen LogP contribution in [0.2, 0.25) is 0 Å². The number of benzene rings is 2. The number of carbonyl (C=O) groups excluding carboxylic acids is 1. The minimum atomic E-state index is -3.77. The van der Waals surface area contributed by atoms with Crippen LogP contribution in [0.4, 0.5) is 0 Å². The van der Waals surface area contributed by atoms with Crippen LogP contribution >= 0.6 is 0 Å². The third-order valence-electron chi connectivity index (χ3n) is 5.30. The maximum absolute atomic E-state index is 12.9. The molecule has 1 heterocycles. The lowest BCUT2D eigenvalue weighted by Gasteiger charge is -2.29. The van der Waals surface area contributed by atoms with E-state index >= 15 is 0 Å². The Morgan fingerprint density at radius 1 is 1.10 bits per heavy atom. The van der Waals surface area contributed by atoms with E-state index in [2.05, 4.69) is 4.72 Å². The fourth-order valence-corrected chi connectivity index (χ4v) is 4.37. The Hall–Kier alpha value is -2.58. The van der Waals surface area contributed by atoms with Gasteiger partial charge in [-0.3, -0.25) is 4.79 Å². The monoisotopic (exact) mass is 446 g/mol. The van der Waals surface area contributed by atoms with Gasteiger partial charge in [0.15, 0.2) is 11.5 Å². The highest BCUT2D eigenvalue weighted by Gasteiger charge is 2.22. The Morgan fingerprint density at radius 3 is 2.52 bits per heavy atom. The van der Waals surface area contributed by atoms with Gasteiger partial charge in [0.25, 0.3) is 0 Å². The first-order valence-electron chi connectivity index (χ1n) is 10.6. The summed E-state index contributed by atoms with van der Waals surface area (Å²) in [5.41, 5.74) is 1.05. The predicted molar refractivity (Wildman–Crippen MR) is 119 cm³/mol. The van der Waals surface area contributed by atoms with Crippen molar-refractivity contribution in [2.75, 3.05) is 19.8 Å². The van der Waals surface area contributed by atoms with Crippen LogP contribution < -0.4 is 14.2 Å². The Balaban J connectivity index is 1.61. The lowest BCUT2D eigenvalue weighted by Crippen LogP contribution is -2.39. The van der Waals surface area contributed by atoms with Crippen LogP contribution in [0.1, 0.15) is 38.7 Å². The molecule has 1 atom stereocenters. The van der Waals surface area contributed by atoms with Gasteiger partial charge in [0.05, 0.1) is 18.1 Å². The topological polar surface area (TPSA) is 84.9 Å². The Kier molecular flexibility index (Phi) is 7.92. The second-order valence-corrected chi connectivity index (χ2v) is 9.34. The van der Waals surface area contributed by atoms with Crippen molar-refractivity contribution in [3.63, 3.8) is 0 Å². The molecule has 2 aromatic rings. The van der Waals surface area contributed by atoms with Gasteiger partial charge in [0, 0.05) is 38.0 Å². The molecule has 31 heavy (non-hydrogen) atoms. The molecule has 0 saturated heterocycles. The number of carbonyl (C=O) groups is 1. The zero-order valence-electron chi connectivity index (χ0n) is 18.0. The molecule has 7 nitrogen and oxygen atoms in total. The molecule has 0 spiro atoms. The number of nitrogens with one attached hydrogen (secondary N) is 1. The van der Waals surface area contributed by atoms with Gasteiger partial charge in [0.1, 0.15) is 0 Å². The van der Waals surface area contributed by atoms with Crippen molar-refractivity contribution in [1.82, 2.24) is 9.62 Å². The van der Waals surface area contributed by atoms with Gasteiger partial charge < -0.3 is 14.4 Å². The zero-order valence-corrected chi connectivity index (χ0v) is 18.9. The van der Waals surface area contributed by atoms with Gasteiger partial charge in [-0.25, -0.2) is 13.1 Å². The zero-order chi connectivity index (χ0) is 22.3. The number of nitrogens with zero attached hydrogens (tertiary/aromatic N) is 1. The number of ether oxygens (including phenoxy) is 2. The van der Waals surface area contributed by atoms with E-state index in [1.54, 1.807) is 11.0 Å². The Morgan fingerprint density at radius 2 is 1.81 bits per heavy atom. The molecule has 3 rings (SSSR count). The number of rotatable bonds is 9. The largest absolute Gasteiger partial charge is 0.490 e. The van der Waals surface area contributed by atoms with Gasteiger partial charge in [0.2, 0.25) is 15.9 Å². The van der Waals surface area contributed by atoms with E-state index in [1.165, 1.54) is 12.1 Å². The summed E-state index contributed by atoms with van der Waals surface area (Å²) in [6.07, 6.45) is 1.65. The van der Waals surface area contributed by atoms with Crippen molar-refractivity contribution in [2.24, 2.45) is 0 Å². The molecule has 1 aliphatic heterocycles. The minimum Gasteiger partial charge on any atom is -0.490 e. The normalized spacial score (nSPS) is 14.5. The van der Waals surface area contributed by atoms with Gasteiger partial charge >= 0.3 is 0 Å². The highest BCUT2D eigenvalue weighted by molar-refractivity contribution is 7.89. The number of sulfonamides is 1. The van der Waals surface area contributed by atoms with Crippen LogP contribution in [-0.2, 0) is 21.4 Å². The van der Waals surface area contributed by atoms with E-state index in [-0.39, 0.29) is 29.8 Å². The molecule has 0 fully saturated rings. The smallest absolute Gasteiger partial charge is 0.240 e. The molecular formula is C23H30N2O5S. The maximum Gasteiger partial charge on any atom is 0.240 e. The lowest BCUT2D eigenvalue weighted by atomic mass is 10.1. The predicted octanol–water partition coefficient (Wildman–Crippen LogP) is 3.34. The van der Waals surface area contributed by atoms with Crippen molar-refractivity contribution >= 4 is 15.9 Å². The second kappa shape index (κ2) is 10.6. The fraction of sp³-hybridized carbons (Fsp3) is 0.435. The molecule has 0 aliphatic carbocycles. The summed E-state index contributed by atoms with van der Waals surface area (Å²) in [5.74, 6) is 0.874. The molecule has 1 amide bonds. The average Bonchev–Trinajstić information content (AvgIpc) is 3.02. The molecule has 168 valence electrons. The number of fused-ring (bicyclic) bond motifs is 1. The summed E-state index contributed by atoms with van der Waals surface area (Å²) in [7, 11) is -3.77. The summed E-state index contributed by atoms with van der Waals surface area (Å²) < 4.78 is 39.1. The molecule has 8 heteroatoms. The van der Waals surface area contributed by atoms with Crippen LogP contribution in [0.3, 0.4) is 0 Å². The number of amides is 1. The van der Waals surface area contributed by atoms with E-state index in [9.17, 15) is 13.2 Å². The second-order valence-electron chi connectivity index (χ2n) is 7.57. The standard InChI is InChI=1S/C23H30N2O5S/c1-3-18(2)25(17-19-8-5-4-6-9-19)23(26)12-13-24-31(27,28)20-10-11-21-22(16-20)30-15-7-14-29-21/h4-6,8-11,16,18,24H,3,7,12-15,17H2,1-2H3. The molecule has 2 aromatic carbocycles. The molecule has 0 saturated carbocycles. The van der Waals surface area contributed by atoms with E-state index in [0.717, 1.165) is 18.4 Å². The van der Waals surface area contributed by atoms with E-state index in [1.807, 2.05) is 44.2 Å². The number of hydrogen-bond acceptors (Lipinski definition) is 5. The minimum absolute atomic E-state index is 0.0251. The molecule has 0 radical (unpaired) electrons. The van der Waals surface area contributed by atoms with E-state index in [0.29, 0.717) is 31.3 Å². The van der Waals surface area contributed by atoms with Crippen LogP contribution in [0.25, 0.3) is 0 Å². The molecule has 1 unspecified atom stereocenters. The quantitative estimate of drug-likeness (QED) is 0.639. The van der Waals surface area contributed by atoms with Crippen molar-refractivity contribution in [1.29, 1.82) is 0 Å². The summed E-state index contributed by atoms with van der Waals surface area (Å²) in [5, 5.41) is 0. The summed E-state index contributed by atoms with van der Waals surface area (Å²) in [6, 6.07) is 14.4. The van der Waals surface area contributed by atoms with Crippen LogP contribution in [0, 0.1) is 0 Å². The van der Waals surface area contributed by atoms with Crippen molar-refractivity contribution < 1.29 is 22.7 Å². The molecular weight excluding hydrogens is 416 g/mol. The first-order valence-corrected chi connectivity index (χ1v) is 12.1. The highest BCUT2D eigenvalue weighted by atomic mass is 32.2. The first-order chi connectivity index (χ1) is 14.9. The third kappa shape index (κ3) is 6.21. The molecule has 0 bridgehead atoms. The fourth-order valence-electron chi connectivity index (χ4n) is 3.32.